The lowest BCUT2D eigenvalue weighted by Gasteiger charge is -2.39. The van der Waals surface area contributed by atoms with Crippen molar-refractivity contribution in [3.8, 4) is 51.7 Å². The van der Waals surface area contributed by atoms with Crippen LogP contribution in [0.4, 0.5) is 0 Å². The van der Waals surface area contributed by atoms with Gasteiger partial charge in [0.2, 0.25) is 6.29 Å². The Morgan fingerprint density at radius 3 is 1.66 bits per heavy atom. The highest BCUT2D eigenvalue weighted by Gasteiger charge is 2.57. The molecule has 14 nitrogen and oxygen atoms in total. The van der Waals surface area contributed by atoms with E-state index in [0.29, 0.717) is 50.3 Å². The molecule has 0 amide bonds. The van der Waals surface area contributed by atoms with Gasteiger partial charge in [0, 0.05) is 58.6 Å². The number of aliphatic hydroxyl groups is 4. The molecule has 2 heterocycles. The van der Waals surface area contributed by atoms with Crippen molar-refractivity contribution in [3.63, 3.8) is 0 Å². The van der Waals surface area contributed by atoms with E-state index < -0.39 is 73.0 Å². The molecule has 1 saturated heterocycles. The average molecular weight is 843 g/mol. The maximum absolute atomic E-state index is 12.3. The molecule has 0 radical (unpaired) electrons. The minimum atomic E-state index is -1.65. The summed E-state index contributed by atoms with van der Waals surface area (Å²) in [6, 6.07) is 28.6. The Labute approximate surface area is 353 Å². The smallest absolute Gasteiger partial charge is 0.229 e. The highest BCUT2D eigenvalue weighted by Crippen LogP contribution is 2.72. The second-order valence-corrected chi connectivity index (χ2v) is 16.5. The van der Waals surface area contributed by atoms with Crippen LogP contribution in [-0.2, 0) is 4.74 Å². The van der Waals surface area contributed by atoms with Crippen molar-refractivity contribution in [1.82, 2.24) is 0 Å². The molecule has 6 aromatic rings. The second-order valence-electron chi connectivity index (χ2n) is 16.5. The van der Waals surface area contributed by atoms with Crippen molar-refractivity contribution in [3.05, 3.63) is 159 Å². The number of rotatable bonds is 7. The van der Waals surface area contributed by atoms with E-state index in [-0.39, 0.29) is 46.0 Å². The van der Waals surface area contributed by atoms with Gasteiger partial charge in [-0.05, 0) is 88.0 Å². The number of aliphatic hydroxyl groups excluding tert-OH is 4. The van der Waals surface area contributed by atoms with Gasteiger partial charge >= 0.3 is 0 Å². The minimum absolute atomic E-state index is 0.0293. The molecule has 10 rings (SSSR count). The zero-order chi connectivity index (χ0) is 43.3. The molecule has 62 heavy (non-hydrogen) atoms. The molecule has 14 heteroatoms. The summed E-state index contributed by atoms with van der Waals surface area (Å²) in [4.78, 5) is 0. The summed E-state index contributed by atoms with van der Waals surface area (Å²) >= 11 is 0. The fraction of sp³-hybridized carbons (Fsp3) is 0.250. The molecule has 0 saturated carbocycles. The lowest BCUT2D eigenvalue weighted by atomic mass is 9.75. The number of ether oxygens (including phenoxy) is 3. The van der Waals surface area contributed by atoms with E-state index in [1.807, 2.05) is 0 Å². The van der Waals surface area contributed by atoms with E-state index in [0.717, 1.165) is 5.56 Å². The summed E-state index contributed by atoms with van der Waals surface area (Å²) in [5.74, 6) is -3.29. The van der Waals surface area contributed by atoms with Crippen molar-refractivity contribution in [2.24, 2.45) is 0 Å². The second kappa shape index (κ2) is 14.8. The maximum atomic E-state index is 12.3. The quantitative estimate of drug-likeness (QED) is 0.0986. The normalized spacial score (nSPS) is 28.1. The largest absolute Gasteiger partial charge is 0.508 e. The zero-order valence-corrected chi connectivity index (χ0v) is 32.6. The lowest BCUT2D eigenvalue weighted by molar-refractivity contribution is -0.277. The Morgan fingerprint density at radius 1 is 0.468 bits per heavy atom. The summed E-state index contributed by atoms with van der Waals surface area (Å²) in [5.41, 5.74) is 5.58. The number of aromatic hydroxyl groups is 7. The molecule has 6 aromatic carbocycles. The first-order chi connectivity index (χ1) is 29.8. The summed E-state index contributed by atoms with van der Waals surface area (Å²) in [7, 11) is 0. The fourth-order valence-corrected chi connectivity index (χ4v) is 10.5. The molecular weight excluding hydrogens is 801 g/mol. The third-order valence-corrected chi connectivity index (χ3v) is 12.9. The summed E-state index contributed by atoms with van der Waals surface area (Å²) in [6.45, 7) is -0.632. The van der Waals surface area contributed by atoms with Gasteiger partial charge in [-0.15, -0.1) is 0 Å². The predicted octanol–water partition coefficient (Wildman–Crippen LogP) is 5.23. The molecule has 0 bridgehead atoms. The number of fused-ring (bicyclic) bond motifs is 7. The number of hydrogen-bond acceptors (Lipinski definition) is 14. The number of benzene rings is 6. The molecular formula is C48H42O14. The molecule has 1 fully saturated rings. The van der Waals surface area contributed by atoms with Gasteiger partial charge < -0.3 is 70.4 Å². The molecule has 0 spiro atoms. The molecule has 2 aliphatic heterocycles. The van der Waals surface area contributed by atoms with Crippen LogP contribution in [0.25, 0.3) is 0 Å². The van der Waals surface area contributed by atoms with Crippen molar-refractivity contribution in [2.45, 2.75) is 66.4 Å². The monoisotopic (exact) mass is 842 g/mol. The Hall–Kier alpha value is -6.68. The number of hydrogen-bond donors (Lipinski definition) is 11. The fourth-order valence-electron chi connectivity index (χ4n) is 10.5. The first-order valence-electron chi connectivity index (χ1n) is 20.1. The van der Waals surface area contributed by atoms with E-state index in [4.69, 9.17) is 14.2 Å². The molecule has 4 aliphatic rings. The summed E-state index contributed by atoms with van der Waals surface area (Å²) < 4.78 is 18.3. The van der Waals surface area contributed by atoms with Gasteiger partial charge in [0.05, 0.1) is 12.5 Å². The summed E-state index contributed by atoms with van der Waals surface area (Å²) in [6.07, 6.45) is -8.26. The van der Waals surface area contributed by atoms with E-state index in [1.165, 1.54) is 36.4 Å². The van der Waals surface area contributed by atoms with Crippen LogP contribution in [0.3, 0.4) is 0 Å². The van der Waals surface area contributed by atoms with Crippen LogP contribution in [-0.4, -0.2) is 93.5 Å². The third-order valence-electron chi connectivity index (χ3n) is 12.9. The SMILES string of the molecule is OC[C@H]1O[C@@H](Oc2ccc([C@H]3c4c(O)cc5c(c4[C@@H]4[C@@H](c6ccc(O)cc6)c6c(O)cc(O)cc6[C@H]34)[C@H](c3cc(O)cc(O)c3)[C@@H](c3ccc(O)cc3)O5)cc2)[C@H](O)[C@@H](O)[C@@H]1O. The Bertz CT molecular complexity index is 2660. The maximum Gasteiger partial charge on any atom is 0.229 e. The number of phenols is 7. The van der Waals surface area contributed by atoms with E-state index in [9.17, 15) is 56.2 Å². The molecule has 0 aromatic heterocycles. The van der Waals surface area contributed by atoms with Crippen LogP contribution >= 0.6 is 0 Å². The van der Waals surface area contributed by atoms with Crippen LogP contribution in [0.2, 0.25) is 0 Å². The third kappa shape index (κ3) is 6.21. The minimum Gasteiger partial charge on any atom is -0.508 e. The lowest BCUT2D eigenvalue weighted by Crippen LogP contribution is -2.60. The first-order valence-corrected chi connectivity index (χ1v) is 20.1. The van der Waals surface area contributed by atoms with Crippen molar-refractivity contribution in [1.29, 1.82) is 0 Å². The molecule has 0 unspecified atom stereocenters. The Balaban J connectivity index is 1.19. The molecule has 11 N–H and O–H groups in total. The topological polar surface area (TPSA) is 250 Å². The van der Waals surface area contributed by atoms with Gasteiger partial charge in [0.1, 0.15) is 82.3 Å². The van der Waals surface area contributed by atoms with Crippen LogP contribution in [0.15, 0.2) is 109 Å². The molecule has 318 valence electrons. The zero-order valence-electron chi connectivity index (χ0n) is 32.6. The standard InChI is InChI=1S/C48H42O14/c49-19-34-44(57)45(58)46(59)48(62-34)60-29-11-5-21(6-12-29)36-39-30-16-28(54)17-31(55)38(30)35(20-1-7-24(50)8-2-20)42(39)43-40(36)32(56)18-33-41(43)37(23-13-26(52)15-27(53)14-23)47(61-33)22-3-9-25(51)10-4-22/h1-18,34-37,39,42,44-59H,19H2/t34-,35+,36-,37+,39-,42-,44-,45+,46-,47-,48-/m1/s1. The van der Waals surface area contributed by atoms with Gasteiger partial charge in [-0.2, -0.15) is 0 Å². The Morgan fingerprint density at radius 2 is 1.03 bits per heavy atom. The van der Waals surface area contributed by atoms with Gasteiger partial charge in [-0.3, -0.25) is 0 Å². The van der Waals surface area contributed by atoms with E-state index in [2.05, 4.69) is 0 Å². The molecule has 11 atom stereocenters. The van der Waals surface area contributed by atoms with E-state index in [1.54, 1.807) is 72.8 Å². The van der Waals surface area contributed by atoms with Crippen molar-refractivity contribution >= 4 is 0 Å². The van der Waals surface area contributed by atoms with Crippen LogP contribution in [0.1, 0.15) is 85.8 Å². The highest BCUT2D eigenvalue weighted by molar-refractivity contribution is 5.73. The predicted molar refractivity (Wildman–Crippen MR) is 219 cm³/mol. The van der Waals surface area contributed by atoms with Crippen LogP contribution in [0, 0.1) is 0 Å². The number of phenolic OH excluding ortho intramolecular Hbond substituents is 7. The van der Waals surface area contributed by atoms with Crippen LogP contribution in [0.5, 0.6) is 51.7 Å². The molecule has 2 aliphatic carbocycles. The van der Waals surface area contributed by atoms with Gasteiger partial charge in [0.15, 0.2) is 0 Å². The van der Waals surface area contributed by atoms with Crippen LogP contribution < -0.4 is 9.47 Å². The van der Waals surface area contributed by atoms with Gasteiger partial charge in [0.25, 0.3) is 0 Å². The van der Waals surface area contributed by atoms with Gasteiger partial charge in [-0.1, -0.05) is 36.4 Å². The summed E-state index contributed by atoms with van der Waals surface area (Å²) in [5, 5.41) is 118. The van der Waals surface area contributed by atoms with Crippen molar-refractivity contribution in [2.75, 3.05) is 6.61 Å². The van der Waals surface area contributed by atoms with Gasteiger partial charge in [-0.25, -0.2) is 0 Å². The van der Waals surface area contributed by atoms with Crippen molar-refractivity contribution < 1.29 is 70.4 Å². The first kappa shape index (κ1) is 39.5. The van der Waals surface area contributed by atoms with E-state index >= 15 is 0 Å². The average Bonchev–Trinajstić information content (AvgIpc) is 3.90. The highest BCUT2D eigenvalue weighted by atomic mass is 16.7. The Kier molecular flexibility index (Phi) is 9.39.